The van der Waals surface area contributed by atoms with E-state index in [1.54, 1.807) is 0 Å². The lowest BCUT2D eigenvalue weighted by Gasteiger charge is -2.28. The number of hydrogen-bond donors (Lipinski definition) is 1. The Hall–Kier alpha value is -1.88. The van der Waals surface area contributed by atoms with Gasteiger partial charge in [-0.05, 0) is 12.0 Å². The lowest BCUT2D eigenvalue weighted by atomic mass is 10.1. The predicted octanol–water partition coefficient (Wildman–Crippen LogP) is 2.17. The number of nitrogen functional groups attached to an aromatic ring is 1. The molecular weight excluding hydrogens is 250 g/mol. The molecule has 3 rings (SSSR count). The van der Waals surface area contributed by atoms with E-state index in [4.69, 9.17) is 5.73 Å². The second-order valence-electron chi connectivity index (χ2n) is 5.57. The van der Waals surface area contributed by atoms with Crippen molar-refractivity contribution in [1.29, 1.82) is 0 Å². The molecule has 1 aliphatic heterocycles. The molecule has 0 fully saturated rings. The first kappa shape index (κ1) is 13.1. The molecular formula is C15H20N5. The van der Waals surface area contributed by atoms with E-state index in [-0.39, 0.29) is 0 Å². The molecule has 0 atom stereocenters. The van der Waals surface area contributed by atoms with Gasteiger partial charge in [0, 0.05) is 37.9 Å². The van der Waals surface area contributed by atoms with Gasteiger partial charge in [-0.2, -0.15) is 0 Å². The van der Waals surface area contributed by atoms with E-state index in [0.717, 1.165) is 37.1 Å². The summed E-state index contributed by atoms with van der Waals surface area (Å²) in [6.45, 7) is 7.50. The summed E-state index contributed by atoms with van der Waals surface area (Å²) in [5, 5.41) is 0.925. The highest BCUT2D eigenvalue weighted by molar-refractivity contribution is 5.88. The van der Waals surface area contributed by atoms with Gasteiger partial charge in [0.25, 0.3) is 0 Å². The van der Waals surface area contributed by atoms with E-state index in [1.807, 2.05) is 12.3 Å². The Morgan fingerprint density at radius 3 is 2.90 bits per heavy atom. The highest BCUT2D eigenvalue weighted by Gasteiger charge is 2.16. The quantitative estimate of drug-likeness (QED) is 0.928. The van der Waals surface area contributed by atoms with Crippen LogP contribution in [0.25, 0.3) is 16.7 Å². The molecule has 3 heterocycles. The molecule has 0 saturated heterocycles. The van der Waals surface area contributed by atoms with Crippen LogP contribution in [-0.2, 0) is 0 Å². The van der Waals surface area contributed by atoms with E-state index >= 15 is 0 Å². The zero-order valence-corrected chi connectivity index (χ0v) is 12.0. The van der Waals surface area contributed by atoms with Crippen molar-refractivity contribution in [1.82, 2.24) is 19.4 Å². The molecule has 0 spiro atoms. The van der Waals surface area contributed by atoms with Crippen LogP contribution >= 0.6 is 0 Å². The Kier molecular flexibility index (Phi) is 3.44. The topological polar surface area (TPSA) is 60.0 Å². The van der Waals surface area contributed by atoms with Crippen LogP contribution in [0.1, 0.15) is 20.3 Å². The van der Waals surface area contributed by atoms with E-state index in [1.165, 1.54) is 17.9 Å². The zero-order chi connectivity index (χ0) is 14.1. The molecule has 0 bridgehead atoms. The minimum Gasteiger partial charge on any atom is -0.383 e. The lowest BCUT2D eigenvalue weighted by molar-refractivity contribution is 0.311. The molecule has 0 saturated carbocycles. The molecule has 5 nitrogen and oxygen atoms in total. The van der Waals surface area contributed by atoms with Crippen LogP contribution in [0.3, 0.4) is 0 Å². The number of hydrogen-bond acceptors (Lipinski definition) is 4. The van der Waals surface area contributed by atoms with Gasteiger partial charge in [-0.1, -0.05) is 19.9 Å². The van der Waals surface area contributed by atoms with Gasteiger partial charge in [-0.25, -0.2) is 9.97 Å². The molecule has 1 aliphatic rings. The summed E-state index contributed by atoms with van der Waals surface area (Å²) in [7, 11) is 0. The van der Waals surface area contributed by atoms with Crippen molar-refractivity contribution in [3.8, 4) is 0 Å². The Labute approximate surface area is 119 Å². The smallest absolute Gasteiger partial charge is 0.149 e. The highest BCUT2D eigenvalue weighted by atomic mass is 15.1. The maximum atomic E-state index is 5.88. The molecule has 5 heteroatoms. The fourth-order valence-electron chi connectivity index (χ4n) is 2.71. The lowest BCUT2D eigenvalue weighted by Crippen LogP contribution is -2.31. The van der Waals surface area contributed by atoms with Crippen LogP contribution in [0, 0.1) is 5.92 Å². The average molecular weight is 270 g/mol. The van der Waals surface area contributed by atoms with Crippen molar-refractivity contribution < 1.29 is 0 Å². The molecule has 0 amide bonds. The van der Waals surface area contributed by atoms with Gasteiger partial charge >= 0.3 is 0 Å². The molecule has 0 aromatic carbocycles. The Balaban J connectivity index is 1.86. The largest absolute Gasteiger partial charge is 0.383 e. The normalized spacial score (nSPS) is 16.9. The minimum absolute atomic E-state index is 0.544. The number of fused-ring (bicyclic) bond motifs is 1. The molecule has 20 heavy (non-hydrogen) atoms. The minimum atomic E-state index is 0.544. The fourth-order valence-corrected chi connectivity index (χ4v) is 2.71. The monoisotopic (exact) mass is 270 g/mol. The molecule has 2 N–H and O–H groups in total. The van der Waals surface area contributed by atoms with Crippen LogP contribution < -0.4 is 5.73 Å². The van der Waals surface area contributed by atoms with E-state index in [0.29, 0.717) is 5.82 Å². The molecule has 105 valence electrons. The van der Waals surface area contributed by atoms with E-state index < -0.39 is 0 Å². The van der Waals surface area contributed by atoms with Crippen LogP contribution in [0.15, 0.2) is 24.7 Å². The third-order valence-electron chi connectivity index (χ3n) is 3.63. The zero-order valence-electron chi connectivity index (χ0n) is 12.0. The highest BCUT2D eigenvalue weighted by Crippen LogP contribution is 2.24. The summed E-state index contributed by atoms with van der Waals surface area (Å²) >= 11 is 0. The summed E-state index contributed by atoms with van der Waals surface area (Å²) in [4.78, 5) is 10.8. The van der Waals surface area contributed by atoms with Crippen molar-refractivity contribution in [3.63, 3.8) is 0 Å². The van der Waals surface area contributed by atoms with Gasteiger partial charge in [-0.3, -0.25) is 4.90 Å². The maximum Gasteiger partial charge on any atom is 0.149 e. The second-order valence-corrected chi connectivity index (χ2v) is 5.57. The second kappa shape index (κ2) is 5.25. The molecule has 2 aromatic heterocycles. The van der Waals surface area contributed by atoms with Gasteiger partial charge in [-0.15, -0.1) is 0 Å². The maximum absolute atomic E-state index is 5.88. The average Bonchev–Trinajstić information content (AvgIpc) is 2.84. The number of nitrogens with two attached hydrogens (primary N) is 1. The van der Waals surface area contributed by atoms with Crippen molar-refractivity contribution in [2.45, 2.75) is 20.3 Å². The van der Waals surface area contributed by atoms with Crippen molar-refractivity contribution in [2.24, 2.45) is 0 Å². The van der Waals surface area contributed by atoms with Gasteiger partial charge in [0.05, 0.1) is 5.39 Å². The number of aromatic nitrogens is 3. The van der Waals surface area contributed by atoms with Crippen LogP contribution in [-0.4, -0.2) is 39.1 Å². The standard InChI is InChI=1S/C15H20N5/c1-11(2)9-19-6-3-12(4-7-19)20-8-5-13-14(16)17-10-18-15(13)20/h3,5,8,10H,4,6-7,9H2,1-2H3,(H2,16,17,18). The van der Waals surface area contributed by atoms with Gasteiger partial charge in [0.2, 0.25) is 0 Å². The number of anilines is 1. The summed E-state index contributed by atoms with van der Waals surface area (Å²) in [6.07, 6.45) is 6.87. The van der Waals surface area contributed by atoms with Crippen LogP contribution in [0.5, 0.6) is 0 Å². The first-order valence-electron chi connectivity index (χ1n) is 6.93. The number of rotatable bonds is 3. The van der Waals surface area contributed by atoms with Gasteiger partial charge < -0.3 is 10.3 Å². The third-order valence-corrected chi connectivity index (χ3v) is 3.63. The van der Waals surface area contributed by atoms with E-state index in [2.05, 4.69) is 39.4 Å². The summed E-state index contributed by atoms with van der Waals surface area (Å²) in [6, 6.07) is 1.99. The number of nitrogens with zero attached hydrogens (tertiary/aromatic N) is 4. The van der Waals surface area contributed by atoms with Crippen LogP contribution in [0.4, 0.5) is 5.82 Å². The molecule has 1 radical (unpaired) electrons. The SMILES string of the molecule is C[C](C)CN1CC=C(n2ccc3c(N)ncnc32)CC1. The first-order valence-corrected chi connectivity index (χ1v) is 6.93. The predicted molar refractivity (Wildman–Crippen MR) is 81.9 cm³/mol. The molecule has 0 unspecified atom stereocenters. The first-order chi connectivity index (χ1) is 9.65. The van der Waals surface area contributed by atoms with Crippen molar-refractivity contribution in [3.05, 3.63) is 30.6 Å². The van der Waals surface area contributed by atoms with Gasteiger partial charge in [0.15, 0.2) is 0 Å². The third kappa shape index (κ3) is 2.41. The summed E-state index contributed by atoms with van der Waals surface area (Å²) in [5.41, 5.74) is 8.07. The molecule has 0 aliphatic carbocycles. The summed E-state index contributed by atoms with van der Waals surface area (Å²) in [5.74, 6) is 2.00. The van der Waals surface area contributed by atoms with Gasteiger partial charge in [0.1, 0.15) is 17.8 Å². The van der Waals surface area contributed by atoms with Crippen molar-refractivity contribution >= 4 is 22.5 Å². The Bertz CT molecular complexity index is 641. The van der Waals surface area contributed by atoms with Crippen molar-refractivity contribution in [2.75, 3.05) is 25.4 Å². The fraction of sp³-hybridized carbons (Fsp3) is 0.400. The summed E-state index contributed by atoms with van der Waals surface area (Å²) < 4.78 is 2.13. The van der Waals surface area contributed by atoms with E-state index in [9.17, 15) is 0 Å². The molecule has 2 aromatic rings. The Morgan fingerprint density at radius 2 is 2.20 bits per heavy atom. The Morgan fingerprint density at radius 1 is 1.35 bits per heavy atom. The van der Waals surface area contributed by atoms with Crippen LogP contribution in [0.2, 0.25) is 0 Å².